The Morgan fingerprint density at radius 2 is 2.37 bits per heavy atom. The molecular formula is C14H20N4S. The fraction of sp³-hybridized carbons (Fsp3) is 0.571. The maximum absolute atomic E-state index is 4.67. The molecule has 19 heavy (non-hydrogen) atoms. The van der Waals surface area contributed by atoms with E-state index in [2.05, 4.69) is 32.2 Å². The molecule has 1 N–H and O–H groups in total. The predicted octanol–water partition coefficient (Wildman–Crippen LogP) is 2.59. The zero-order valence-corrected chi connectivity index (χ0v) is 12.1. The molecule has 1 aliphatic carbocycles. The molecule has 5 heteroatoms. The smallest absolute Gasteiger partial charge is 0.123 e. The van der Waals surface area contributed by atoms with Crippen LogP contribution in [0.15, 0.2) is 17.8 Å². The Hall–Kier alpha value is -1.20. The van der Waals surface area contributed by atoms with Gasteiger partial charge in [-0.1, -0.05) is 6.92 Å². The van der Waals surface area contributed by atoms with E-state index in [4.69, 9.17) is 0 Å². The Morgan fingerprint density at radius 3 is 3.16 bits per heavy atom. The normalized spacial score (nSPS) is 15.0. The topological polar surface area (TPSA) is 42.7 Å². The van der Waals surface area contributed by atoms with Crippen molar-refractivity contribution in [2.45, 2.75) is 51.7 Å². The Labute approximate surface area is 117 Å². The summed E-state index contributed by atoms with van der Waals surface area (Å²) in [4.78, 5) is 9.10. The van der Waals surface area contributed by atoms with Gasteiger partial charge in [0.2, 0.25) is 0 Å². The van der Waals surface area contributed by atoms with Gasteiger partial charge in [-0.05, 0) is 25.7 Å². The van der Waals surface area contributed by atoms with Gasteiger partial charge in [0.25, 0.3) is 0 Å². The summed E-state index contributed by atoms with van der Waals surface area (Å²) in [5.74, 6) is 1.11. The summed E-state index contributed by atoms with van der Waals surface area (Å²) in [5.41, 5.74) is 1.15. The van der Waals surface area contributed by atoms with Crippen molar-refractivity contribution < 1.29 is 0 Å². The van der Waals surface area contributed by atoms with Crippen LogP contribution >= 0.6 is 11.3 Å². The molecule has 3 rings (SSSR count). The number of aromatic nitrogens is 3. The average Bonchev–Trinajstić information content (AvgIpc) is 2.97. The minimum absolute atomic E-state index is 0.723. The van der Waals surface area contributed by atoms with Gasteiger partial charge in [0.15, 0.2) is 0 Å². The van der Waals surface area contributed by atoms with E-state index in [1.54, 1.807) is 11.3 Å². The third-order valence-corrected chi connectivity index (χ3v) is 4.28. The minimum atomic E-state index is 0.723. The molecule has 0 aliphatic heterocycles. The molecule has 1 saturated carbocycles. The van der Waals surface area contributed by atoms with Crippen LogP contribution in [0.4, 0.5) is 0 Å². The number of nitrogens with one attached hydrogen (secondary N) is 1. The van der Waals surface area contributed by atoms with E-state index < -0.39 is 0 Å². The summed E-state index contributed by atoms with van der Waals surface area (Å²) in [6.45, 7) is 3.89. The first-order chi connectivity index (χ1) is 9.35. The van der Waals surface area contributed by atoms with Gasteiger partial charge in [-0.15, -0.1) is 11.3 Å². The first-order valence-corrected chi connectivity index (χ1v) is 7.90. The lowest BCUT2D eigenvalue weighted by molar-refractivity contribution is 0.615. The van der Waals surface area contributed by atoms with Crippen LogP contribution in [0, 0.1) is 0 Å². The van der Waals surface area contributed by atoms with Gasteiger partial charge in [0.05, 0.1) is 23.8 Å². The van der Waals surface area contributed by atoms with Crippen LogP contribution in [0.3, 0.4) is 0 Å². The van der Waals surface area contributed by atoms with Gasteiger partial charge >= 0.3 is 0 Å². The fourth-order valence-corrected chi connectivity index (χ4v) is 2.99. The van der Waals surface area contributed by atoms with Crippen molar-refractivity contribution in [3.8, 4) is 0 Å². The van der Waals surface area contributed by atoms with Crippen LogP contribution in [0.1, 0.15) is 42.7 Å². The monoisotopic (exact) mass is 276 g/mol. The molecule has 2 aromatic rings. The van der Waals surface area contributed by atoms with Crippen molar-refractivity contribution >= 4 is 11.3 Å². The highest BCUT2D eigenvalue weighted by Crippen LogP contribution is 2.19. The second-order valence-electron chi connectivity index (χ2n) is 5.11. The van der Waals surface area contributed by atoms with Crippen LogP contribution < -0.4 is 5.32 Å². The number of aryl methyl sites for hydroxylation is 1. The summed E-state index contributed by atoms with van der Waals surface area (Å²) in [6, 6.07) is 0.723. The van der Waals surface area contributed by atoms with Crippen molar-refractivity contribution in [1.82, 2.24) is 19.9 Å². The lowest BCUT2D eigenvalue weighted by atomic mass is 10.3. The second kappa shape index (κ2) is 5.84. The quantitative estimate of drug-likeness (QED) is 0.845. The van der Waals surface area contributed by atoms with Gasteiger partial charge in [-0.2, -0.15) is 0 Å². The first-order valence-electron chi connectivity index (χ1n) is 7.02. The number of thiazole rings is 1. The van der Waals surface area contributed by atoms with E-state index in [0.29, 0.717) is 0 Å². The van der Waals surface area contributed by atoms with Crippen LogP contribution in [0.25, 0.3) is 0 Å². The summed E-state index contributed by atoms with van der Waals surface area (Å²) in [6.07, 6.45) is 8.80. The highest BCUT2D eigenvalue weighted by atomic mass is 32.1. The van der Waals surface area contributed by atoms with Crippen molar-refractivity contribution in [3.05, 3.63) is 34.3 Å². The van der Waals surface area contributed by atoms with E-state index in [-0.39, 0.29) is 0 Å². The third kappa shape index (κ3) is 3.42. The number of hydrogen-bond donors (Lipinski definition) is 1. The fourth-order valence-electron chi connectivity index (χ4n) is 2.10. The highest BCUT2D eigenvalue weighted by molar-refractivity contribution is 7.09. The molecule has 0 radical (unpaired) electrons. The van der Waals surface area contributed by atoms with Crippen molar-refractivity contribution in [3.63, 3.8) is 0 Å². The molecule has 0 atom stereocenters. The average molecular weight is 276 g/mol. The molecule has 0 amide bonds. The summed E-state index contributed by atoms with van der Waals surface area (Å²) in [7, 11) is 0. The molecule has 1 fully saturated rings. The predicted molar refractivity (Wildman–Crippen MR) is 77.3 cm³/mol. The van der Waals surface area contributed by atoms with E-state index in [0.717, 1.165) is 43.5 Å². The van der Waals surface area contributed by atoms with Crippen molar-refractivity contribution in [2.24, 2.45) is 0 Å². The van der Waals surface area contributed by atoms with Crippen LogP contribution in [0.5, 0.6) is 0 Å². The number of imidazole rings is 1. The molecule has 102 valence electrons. The third-order valence-electron chi connectivity index (χ3n) is 3.32. The second-order valence-corrected chi connectivity index (χ2v) is 6.05. The van der Waals surface area contributed by atoms with Crippen molar-refractivity contribution in [1.29, 1.82) is 0 Å². The largest absolute Gasteiger partial charge is 0.328 e. The Morgan fingerprint density at radius 1 is 1.47 bits per heavy atom. The molecule has 0 unspecified atom stereocenters. The maximum atomic E-state index is 4.67. The standard InChI is InChI=1S/C14H20N4S/c1-2-3-14-17-12(10-19-14)9-18-7-6-15-13(18)8-16-11-4-5-11/h6-7,10-11,16H,2-5,8-9H2,1H3. The SMILES string of the molecule is CCCc1nc(Cn2ccnc2CNC2CC2)cs1. The van der Waals surface area contributed by atoms with Crippen molar-refractivity contribution in [2.75, 3.05) is 0 Å². The van der Waals surface area contributed by atoms with Gasteiger partial charge in [0, 0.05) is 23.8 Å². The summed E-state index contributed by atoms with van der Waals surface area (Å²) >= 11 is 1.77. The molecular weight excluding hydrogens is 256 g/mol. The zero-order chi connectivity index (χ0) is 13.1. The lowest BCUT2D eigenvalue weighted by Crippen LogP contribution is -2.19. The molecule has 1 aliphatic rings. The Bertz CT molecular complexity index is 527. The summed E-state index contributed by atoms with van der Waals surface area (Å²) < 4.78 is 2.19. The number of rotatable bonds is 7. The molecule has 0 spiro atoms. The first kappa shape index (κ1) is 12.8. The minimum Gasteiger partial charge on any atom is -0.328 e. The molecule has 0 saturated heterocycles. The molecule has 2 aromatic heterocycles. The maximum Gasteiger partial charge on any atom is 0.123 e. The zero-order valence-electron chi connectivity index (χ0n) is 11.3. The van der Waals surface area contributed by atoms with Gasteiger partial charge in [0.1, 0.15) is 5.82 Å². The lowest BCUT2D eigenvalue weighted by Gasteiger charge is -2.06. The van der Waals surface area contributed by atoms with E-state index >= 15 is 0 Å². The highest BCUT2D eigenvalue weighted by Gasteiger charge is 2.20. The van der Waals surface area contributed by atoms with Crippen LogP contribution in [-0.2, 0) is 19.5 Å². The molecule has 2 heterocycles. The van der Waals surface area contributed by atoms with Gasteiger partial charge in [-0.3, -0.25) is 0 Å². The molecule has 0 bridgehead atoms. The van der Waals surface area contributed by atoms with Crippen LogP contribution in [-0.4, -0.2) is 20.6 Å². The van der Waals surface area contributed by atoms with E-state index in [1.807, 2.05) is 12.4 Å². The summed E-state index contributed by atoms with van der Waals surface area (Å²) in [5, 5.41) is 6.92. The molecule has 0 aromatic carbocycles. The van der Waals surface area contributed by atoms with Crippen LogP contribution in [0.2, 0.25) is 0 Å². The Kier molecular flexibility index (Phi) is 3.94. The Balaban J connectivity index is 1.62. The van der Waals surface area contributed by atoms with Gasteiger partial charge in [-0.25, -0.2) is 9.97 Å². The number of nitrogens with zero attached hydrogens (tertiary/aromatic N) is 3. The number of hydrogen-bond acceptors (Lipinski definition) is 4. The van der Waals surface area contributed by atoms with E-state index in [1.165, 1.54) is 17.8 Å². The molecule has 4 nitrogen and oxygen atoms in total. The van der Waals surface area contributed by atoms with Gasteiger partial charge < -0.3 is 9.88 Å². The van der Waals surface area contributed by atoms with E-state index in [9.17, 15) is 0 Å².